The van der Waals surface area contributed by atoms with Gasteiger partial charge in [0.1, 0.15) is 0 Å². The normalized spacial score (nSPS) is 14.1. The van der Waals surface area contributed by atoms with Gasteiger partial charge in [-0.3, -0.25) is 4.79 Å². The highest BCUT2D eigenvalue weighted by Gasteiger charge is 2.21. The van der Waals surface area contributed by atoms with Gasteiger partial charge in [0.05, 0.1) is 13.2 Å². The largest absolute Gasteiger partial charge is 0.395 e. The molecule has 2 aromatic rings. The van der Waals surface area contributed by atoms with Gasteiger partial charge in [-0.2, -0.15) is 0 Å². The van der Waals surface area contributed by atoms with E-state index < -0.39 is 0 Å². The minimum absolute atomic E-state index is 0.0236. The fourth-order valence-corrected chi connectivity index (χ4v) is 4.71. The van der Waals surface area contributed by atoms with Crippen molar-refractivity contribution < 1.29 is 15.0 Å². The summed E-state index contributed by atoms with van der Waals surface area (Å²) in [4.78, 5) is 15.8. The van der Waals surface area contributed by atoms with Crippen LogP contribution >= 0.6 is 11.6 Å². The van der Waals surface area contributed by atoms with Crippen LogP contribution in [0.5, 0.6) is 0 Å². The Bertz CT molecular complexity index is 1100. The van der Waals surface area contributed by atoms with Gasteiger partial charge < -0.3 is 20.0 Å². The number of aliphatic hydroxyl groups is 2. The van der Waals surface area contributed by atoms with Gasteiger partial charge in [0.25, 0.3) is 0 Å². The maximum absolute atomic E-state index is 12.1. The summed E-state index contributed by atoms with van der Waals surface area (Å²) in [5.74, 6) is 0.0507. The van der Waals surface area contributed by atoms with Gasteiger partial charge in [0.15, 0.2) is 0 Å². The van der Waals surface area contributed by atoms with E-state index in [1.54, 1.807) is 11.9 Å². The number of hydrogen-bond acceptors (Lipinski definition) is 4. The minimum Gasteiger partial charge on any atom is -0.395 e. The van der Waals surface area contributed by atoms with E-state index in [0.29, 0.717) is 24.5 Å². The number of carbonyl (C=O) groups is 1. The highest BCUT2D eigenvalue weighted by molar-refractivity contribution is 6.30. The van der Waals surface area contributed by atoms with Crippen molar-refractivity contribution in [3.8, 4) is 0 Å². The van der Waals surface area contributed by atoms with Crippen LogP contribution in [-0.2, 0) is 4.79 Å². The lowest BCUT2D eigenvalue weighted by Crippen LogP contribution is -2.29. The molecule has 0 heterocycles. The molecule has 2 N–H and O–H groups in total. The van der Waals surface area contributed by atoms with Crippen LogP contribution in [0, 0.1) is 6.92 Å². The van der Waals surface area contributed by atoms with Crippen molar-refractivity contribution in [2.75, 3.05) is 38.3 Å². The predicted molar refractivity (Wildman–Crippen MR) is 144 cm³/mol. The number of halogens is 1. The summed E-state index contributed by atoms with van der Waals surface area (Å²) in [6, 6.07) is 14.1. The molecule has 0 spiro atoms. The molecule has 0 radical (unpaired) electrons. The summed E-state index contributed by atoms with van der Waals surface area (Å²) >= 11 is 6.27. The zero-order valence-corrected chi connectivity index (χ0v) is 21.5. The monoisotopic (exact) mass is 494 g/mol. The topological polar surface area (TPSA) is 64.0 Å². The maximum atomic E-state index is 12.1. The molecule has 2 aromatic carbocycles. The molecule has 1 aliphatic rings. The highest BCUT2D eigenvalue weighted by Crippen LogP contribution is 2.37. The standard InChI is InChI=1S/C29H35ClN2O3/c1-4-28(35)31(3)25-12-8-23(9-13-25)29(27-15-11-24(30)20-21(27)2)22-6-5-7-26(14-10-22)32(16-18-33)17-19-34/h5-6,8-15,20,29,33-34H,4,7,16-19H2,1-3H3. The Labute approximate surface area is 213 Å². The summed E-state index contributed by atoms with van der Waals surface area (Å²) < 4.78 is 0. The van der Waals surface area contributed by atoms with Gasteiger partial charge in [-0.15, -0.1) is 0 Å². The van der Waals surface area contributed by atoms with Crippen LogP contribution in [0.25, 0.3) is 0 Å². The molecule has 1 atom stereocenters. The van der Waals surface area contributed by atoms with Gasteiger partial charge in [0, 0.05) is 55.3 Å². The molecule has 0 saturated heterocycles. The molecule has 0 aliphatic heterocycles. The van der Waals surface area contributed by atoms with Gasteiger partial charge >= 0.3 is 0 Å². The first-order valence-electron chi connectivity index (χ1n) is 12.1. The molecule has 0 saturated carbocycles. The molecule has 0 bridgehead atoms. The molecule has 1 aliphatic carbocycles. The van der Waals surface area contributed by atoms with Crippen LogP contribution in [0.4, 0.5) is 5.69 Å². The molecule has 1 amide bonds. The van der Waals surface area contributed by atoms with Gasteiger partial charge in [-0.25, -0.2) is 0 Å². The molecule has 0 fully saturated rings. The quantitative estimate of drug-likeness (QED) is 0.476. The SMILES string of the molecule is CCC(=O)N(C)c1ccc(C(C2=CC=C(N(CCO)CCO)CC=C2)c2ccc(Cl)cc2C)cc1. The van der Waals surface area contributed by atoms with Crippen LogP contribution < -0.4 is 4.90 Å². The summed E-state index contributed by atoms with van der Waals surface area (Å²) in [5, 5.41) is 19.6. The van der Waals surface area contributed by atoms with E-state index in [0.717, 1.165) is 40.1 Å². The Morgan fingerprint density at radius 3 is 2.34 bits per heavy atom. The van der Waals surface area contributed by atoms with Crippen LogP contribution in [0.3, 0.4) is 0 Å². The Hall–Kier alpha value is -2.86. The van der Waals surface area contributed by atoms with Crippen LogP contribution in [0.2, 0.25) is 5.02 Å². The number of allylic oxidation sites excluding steroid dienone is 5. The molecule has 0 aromatic heterocycles. The van der Waals surface area contributed by atoms with Crippen molar-refractivity contribution in [1.29, 1.82) is 0 Å². The van der Waals surface area contributed by atoms with Crippen molar-refractivity contribution in [1.82, 2.24) is 4.90 Å². The summed E-state index contributed by atoms with van der Waals surface area (Å²) in [6.07, 6.45) is 9.67. The molecule has 1 unspecified atom stereocenters. The van der Waals surface area contributed by atoms with E-state index in [9.17, 15) is 15.0 Å². The van der Waals surface area contributed by atoms with Gasteiger partial charge in [-0.05, 0) is 59.5 Å². The van der Waals surface area contributed by atoms with Crippen LogP contribution in [-0.4, -0.2) is 54.4 Å². The molecule has 3 rings (SSSR count). The minimum atomic E-state index is -0.0236. The third-order valence-corrected chi connectivity index (χ3v) is 6.65. The zero-order chi connectivity index (χ0) is 25.4. The smallest absolute Gasteiger partial charge is 0.226 e. The number of amides is 1. The van der Waals surface area contributed by atoms with Gasteiger partial charge in [-0.1, -0.05) is 55.0 Å². The number of aliphatic hydroxyl groups excluding tert-OH is 2. The Morgan fingerprint density at radius 1 is 1.06 bits per heavy atom. The molecule has 6 heteroatoms. The second kappa shape index (κ2) is 12.7. The number of rotatable bonds is 10. The lowest BCUT2D eigenvalue weighted by molar-refractivity contribution is -0.118. The average Bonchev–Trinajstić information content (AvgIpc) is 3.11. The second-order valence-corrected chi connectivity index (χ2v) is 9.13. The Kier molecular flexibility index (Phi) is 9.73. The third kappa shape index (κ3) is 6.63. The summed E-state index contributed by atoms with van der Waals surface area (Å²) in [7, 11) is 1.80. The second-order valence-electron chi connectivity index (χ2n) is 8.70. The Morgan fingerprint density at radius 2 is 1.74 bits per heavy atom. The van der Waals surface area contributed by atoms with E-state index >= 15 is 0 Å². The number of carbonyl (C=O) groups excluding carboxylic acids is 1. The van der Waals surface area contributed by atoms with Crippen molar-refractivity contribution in [2.45, 2.75) is 32.6 Å². The molecule has 35 heavy (non-hydrogen) atoms. The van der Waals surface area contributed by atoms with E-state index in [-0.39, 0.29) is 25.0 Å². The van der Waals surface area contributed by atoms with Crippen LogP contribution in [0.15, 0.2) is 78.0 Å². The van der Waals surface area contributed by atoms with Crippen LogP contribution in [0.1, 0.15) is 42.4 Å². The maximum Gasteiger partial charge on any atom is 0.226 e. The first kappa shape index (κ1) is 26.7. The van der Waals surface area contributed by atoms with Crippen molar-refractivity contribution in [2.24, 2.45) is 0 Å². The molecular weight excluding hydrogens is 460 g/mol. The first-order valence-corrected chi connectivity index (χ1v) is 12.4. The van der Waals surface area contributed by atoms with Gasteiger partial charge in [0.2, 0.25) is 5.91 Å². The third-order valence-electron chi connectivity index (χ3n) is 6.42. The van der Waals surface area contributed by atoms with E-state index in [1.807, 2.05) is 36.1 Å². The fraction of sp³-hybridized carbons (Fsp3) is 0.345. The number of hydrogen-bond donors (Lipinski definition) is 2. The summed E-state index contributed by atoms with van der Waals surface area (Å²) in [5.41, 5.74) is 6.44. The number of anilines is 1. The molecule has 5 nitrogen and oxygen atoms in total. The highest BCUT2D eigenvalue weighted by atomic mass is 35.5. The van der Waals surface area contributed by atoms with Crippen molar-refractivity contribution in [3.05, 3.63) is 99.8 Å². The zero-order valence-electron chi connectivity index (χ0n) is 20.7. The number of benzene rings is 2. The first-order chi connectivity index (χ1) is 16.9. The predicted octanol–water partition coefficient (Wildman–Crippen LogP) is 5.21. The Balaban J connectivity index is 2.05. The molecule has 186 valence electrons. The van der Waals surface area contributed by atoms with Crippen molar-refractivity contribution in [3.63, 3.8) is 0 Å². The fourth-order valence-electron chi connectivity index (χ4n) is 4.49. The summed E-state index contributed by atoms with van der Waals surface area (Å²) in [6.45, 7) is 4.96. The number of aryl methyl sites for hydroxylation is 1. The van der Waals surface area contributed by atoms with E-state index in [4.69, 9.17) is 11.6 Å². The lowest BCUT2D eigenvalue weighted by atomic mass is 9.82. The number of nitrogens with zero attached hydrogens (tertiary/aromatic N) is 2. The lowest BCUT2D eigenvalue weighted by Gasteiger charge is -2.25. The van der Waals surface area contributed by atoms with Crippen molar-refractivity contribution >= 4 is 23.2 Å². The average molecular weight is 495 g/mol. The van der Waals surface area contributed by atoms with E-state index in [2.05, 4.69) is 49.4 Å². The van der Waals surface area contributed by atoms with E-state index in [1.165, 1.54) is 0 Å². The molecular formula is C29H35ClN2O3.